The van der Waals surface area contributed by atoms with E-state index in [1.165, 1.54) is 4.68 Å². The van der Waals surface area contributed by atoms with E-state index < -0.39 is 0 Å². The van der Waals surface area contributed by atoms with Crippen molar-refractivity contribution in [3.05, 3.63) is 82.7 Å². The minimum Gasteiger partial charge on any atom is -0.439 e. The van der Waals surface area contributed by atoms with Crippen LogP contribution in [-0.2, 0) is 18.3 Å². The van der Waals surface area contributed by atoms with Crippen LogP contribution in [0.4, 0.5) is 0 Å². The van der Waals surface area contributed by atoms with Gasteiger partial charge in [-0.05, 0) is 56.5 Å². The molecule has 0 N–H and O–H groups in total. The van der Waals surface area contributed by atoms with Gasteiger partial charge in [0.1, 0.15) is 16.8 Å². The fourth-order valence-electron chi connectivity index (χ4n) is 5.39. The maximum atomic E-state index is 13.4. The minimum absolute atomic E-state index is 0.0501. The lowest BCUT2D eigenvalue weighted by molar-refractivity contribution is -0.0366. The van der Waals surface area contributed by atoms with Gasteiger partial charge in [-0.25, -0.2) is 14.3 Å². The van der Waals surface area contributed by atoms with Crippen LogP contribution >= 0.6 is 0 Å². The number of aryl methyl sites for hydroxylation is 2. The second kappa shape index (κ2) is 9.32. The lowest BCUT2D eigenvalue weighted by Gasteiger charge is -2.23. The molecule has 10 heteroatoms. The van der Waals surface area contributed by atoms with Crippen LogP contribution in [0.25, 0.3) is 32.8 Å². The van der Waals surface area contributed by atoms with E-state index in [-0.39, 0.29) is 11.8 Å². The SMILES string of the molecule is Cc1cccc(Cn2ncc3c4ccc(Oc5ccc6c(cnn6C6CCCCO6)n5)cc4n(C)c3c2=O)n1. The Morgan fingerprint density at radius 3 is 2.77 bits per heavy atom. The van der Waals surface area contributed by atoms with Crippen LogP contribution in [0.2, 0.25) is 0 Å². The van der Waals surface area contributed by atoms with Crippen molar-refractivity contribution in [1.82, 2.24) is 34.1 Å². The highest BCUT2D eigenvalue weighted by atomic mass is 16.5. The Bertz CT molecular complexity index is 1910. The number of hydrogen-bond acceptors (Lipinski definition) is 7. The Morgan fingerprint density at radius 1 is 1.00 bits per heavy atom. The number of rotatable bonds is 5. The first-order chi connectivity index (χ1) is 19.0. The topological polar surface area (TPSA) is 102 Å². The molecule has 1 aromatic carbocycles. The van der Waals surface area contributed by atoms with Crippen LogP contribution in [0.5, 0.6) is 11.6 Å². The molecule has 1 aliphatic rings. The van der Waals surface area contributed by atoms with Crippen molar-refractivity contribution in [2.75, 3.05) is 6.61 Å². The first-order valence-corrected chi connectivity index (χ1v) is 13.1. The first-order valence-electron chi connectivity index (χ1n) is 13.1. The second-order valence-corrected chi connectivity index (χ2v) is 9.94. The van der Waals surface area contributed by atoms with Gasteiger partial charge in [0, 0.05) is 42.3 Å². The molecule has 0 bridgehead atoms. The average molecular weight is 522 g/mol. The molecule has 1 saturated heterocycles. The van der Waals surface area contributed by atoms with Gasteiger partial charge < -0.3 is 14.0 Å². The van der Waals surface area contributed by atoms with E-state index in [4.69, 9.17) is 9.47 Å². The van der Waals surface area contributed by atoms with Gasteiger partial charge in [-0.2, -0.15) is 10.2 Å². The van der Waals surface area contributed by atoms with Gasteiger partial charge in [0.05, 0.1) is 35.7 Å². The third kappa shape index (κ3) is 4.13. The van der Waals surface area contributed by atoms with E-state index in [1.54, 1.807) is 12.4 Å². The van der Waals surface area contributed by atoms with Gasteiger partial charge in [0.25, 0.3) is 5.56 Å². The van der Waals surface area contributed by atoms with Gasteiger partial charge in [0.2, 0.25) is 5.88 Å². The Hall–Kier alpha value is -4.57. The maximum absolute atomic E-state index is 13.4. The summed E-state index contributed by atoms with van der Waals surface area (Å²) in [6, 6.07) is 15.3. The van der Waals surface area contributed by atoms with E-state index >= 15 is 0 Å². The summed E-state index contributed by atoms with van der Waals surface area (Å²) < 4.78 is 17.3. The molecule has 5 aromatic heterocycles. The standard InChI is InChI=1S/C29H27N7O3/c1-18-6-5-7-19(32-18)17-35-29(37)28-22(15-30-35)21-10-9-20(14-25(21)34(28)2)39-26-12-11-24-23(33-26)16-31-36(24)27-8-3-4-13-38-27/h5-7,9-12,14-16,27H,3-4,8,13,17H2,1-2H3. The van der Waals surface area contributed by atoms with E-state index in [1.807, 2.05) is 71.8 Å². The van der Waals surface area contributed by atoms with Gasteiger partial charge >= 0.3 is 0 Å². The molecule has 1 unspecified atom stereocenters. The molecule has 0 aliphatic carbocycles. The normalized spacial score (nSPS) is 15.9. The predicted molar refractivity (Wildman–Crippen MR) is 147 cm³/mol. The fraction of sp³-hybridized carbons (Fsp3) is 0.276. The Labute approximate surface area is 223 Å². The van der Waals surface area contributed by atoms with Crippen LogP contribution in [0.1, 0.15) is 36.9 Å². The third-order valence-electron chi connectivity index (χ3n) is 7.31. The van der Waals surface area contributed by atoms with Crippen molar-refractivity contribution in [3.8, 4) is 11.6 Å². The van der Waals surface area contributed by atoms with Crippen LogP contribution < -0.4 is 10.3 Å². The lowest BCUT2D eigenvalue weighted by atomic mass is 10.2. The van der Waals surface area contributed by atoms with E-state index in [0.717, 1.165) is 64.6 Å². The van der Waals surface area contributed by atoms with Gasteiger partial charge in [-0.1, -0.05) is 6.07 Å². The second-order valence-electron chi connectivity index (χ2n) is 9.94. The molecule has 0 radical (unpaired) electrons. The largest absolute Gasteiger partial charge is 0.439 e. The van der Waals surface area contributed by atoms with Crippen LogP contribution in [0, 0.1) is 6.92 Å². The van der Waals surface area contributed by atoms with E-state index in [0.29, 0.717) is 23.7 Å². The van der Waals surface area contributed by atoms with Crippen LogP contribution in [0.3, 0.4) is 0 Å². The summed E-state index contributed by atoms with van der Waals surface area (Å²) in [6.07, 6.45) is 6.61. The van der Waals surface area contributed by atoms with Gasteiger partial charge in [-0.15, -0.1) is 0 Å². The predicted octanol–water partition coefficient (Wildman–Crippen LogP) is 4.88. The molecule has 7 rings (SSSR count). The number of pyridine rings is 2. The smallest absolute Gasteiger partial charge is 0.291 e. The molecule has 1 fully saturated rings. The maximum Gasteiger partial charge on any atom is 0.291 e. The molecule has 6 aromatic rings. The molecule has 10 nitrogen and oxygen atoms in total. The third-order valence-corrected chi connectivity index (χ3v) is 7.31. The Morgan fingerprint density at radius 2 is 1.92 bits per heavy atom. The number of aromatic nitrogens is 7. The fourth-order valence-corrected chi connectivity index (χ4v) is 5.39. The monoisotopic (exact) mass is 521 g/mol. The quantitative estimate of drug-likeness (QED) is 0.319. The first kappa shape index (κ1) is 23.5. The van der Waals surface area contributed by atoms with Crippen molar-refractivity contribution < 1.29 is 9.47 Å². The summed E-state index contributed by atoms with van der Waals surface area (Å²) in [4.78, 5) is 22.6. The minimum atomic E-state index is -0.164. The zero-order valence-electron chi connectivity index (χ0n) is 21.7. The zero-order chi connectivity index (χ0) is 26.5. The summed E-state index contributed by atoms with van der Waals surface area (Å²) in [6.45, 7) is 2.99. The van der Waals surface area contributed by atoms with Crippen LogP contribution in [0.15, 0.2) is 65.7 Å². The summed E-state index contributed by atoms with van der Waals surface area (Å²) in [7, 11) is 1.89. The molecule has 1 aliphatic heterocycles. The number of nitrogens with zero attached hydrogens (tertiary/aromatic N) is 7. The average Bonchev–Trinajstić information content (AvgIpc) is 3.49. The molecular weight excluding hydrogens is 494 g/mol. The molecule has 0 spiro atoms. The number of fused-ring (bicyclic) bond motifs is 4. The van der Waals surface area contributed by atoms with E-state index in [9.17, 15) is 4.79 Å². The van der Waals surface area contributed by atoms with Crippen molar-refractivity contribution in [2.45, 2.75) is 39.0 Å². The highest BCUT2D eigenvalue weighted by molar-refractivity contribution is 6.07. The Balaban J connectivity index is 1.20. The van der Waals surface area contributed by atoms with E-state index in [2.05, 4.69) is 20.2 Å². The van der Waals surface area contributed by atoms with Crippen molar-refractivity contribution >= 4 is 32.8 Å². The molecule has 1 atom stereocenters. The van der Waals surface area contributed by atoms with Crippen molar-refractivity contribution in [2.24, 2.45) is 7.05 Å². The summed E-state index contributed by atoms with van der Waals surface area (Å²) >= 11 is 0. The highest BCUT2D eigenvalue weighted by Gasteiger charge is 2.20. The summed E-state index contributed by atoms with van der Waals surface area (Å²) in [5.74, 6) is 1.10. The molecule has 39 heavy (non-hydrogen) atoms. The summed E-state index contributed by atoms with van der Waals surface area (Å²) in [5.41, 5.74) is 4.66. The molecule has 196 valence electrons. The molecule has 6 heterocycles. The van der Waals surface area contributed by atoms with Gasteiger partial charge in [0.15, 0.2) is 6.23 Å². The number of benzene rings is 1. The number of hydrogen-bond donors (Lipinski definition) is 0. The Kier molecular flexibility index (Phi) is 5.62. The zero-order valence-corrected chi connectivity index (χ0v) is 21.7. The molecule has 0 saturated carbocycles. The van der Waals surface area contributed by atoms with Crippen molar-refractivity contribution in [3.63, 3.8) is 0 Å². The highest BCUT2D eigenvalue weighted by Crippen LogP contribution is 2.32. The lowest BCUT2D eigenvalue weighted by Crippen LogP contribution is -2.24. The number of ether oxygens (including phenoxy) is 2. The van der Waals surface area contributed by atoms with Crippen LogP contribution in [-0.4, -0.2) is 40.7 Å². The molecular formula is C29H27N7O3. The van der Waals surface area contributed by atoms with Crippen molar-refractivity contribution in [1.29, 1.82) is 0 Å². The molecule has 0 amide bonds. The van der Waals surface area contributed by atoms with Gasteiger partial charge in [-0.3, -0.25) is 9.78 Å². The summed E-state index contributed by atoms with van der Waals surface area (Å²) in [5, 5.41) is 10.7.